The van der Waals surface area contributed by atoms with Crippen molar-refractivity contribution in [3.05, 3.63) is 88.7 Å². The van der Waals surface area contributed by atoms with Gasteiger partial charge in [-0.2, -0.15) is 0 Å². The minimum absolute atomic E-state index is 0.315. The van der Waals surface area contributed by atoms with Gasteiger partial charge in [0.15, 0.2) is 0 Å². The third-order valence-electron chi connectivity index (χ3n) is 7.88. The highest BCUT2D eigenvalue weighted by Crippen LogP contribution is 2.43. The van der Waals surface area contributed by atoms with Crippen molar-refractivity contribution in [3.63, 3.8) is 0 Å². The summed E-state index contributed by atoms with van der Waals surface area (Å²) in [6.45, 7) is 9.60. The van der Waals surface area contributed by atoms with Gasteiger partial charge in [0.1, 0.15) is 0 Å². The van der Waals surface area contributed by atoms with Crippen LogP contribution in [0.1, 0.15) is 49.0 Å². The summed E-state index contributed by atoms with van der Waals surface area (Å²) < 4.78 is 5.02. The second-order valence-corrected chi connectivity index (χ2v) is 11.7. The van der Waals surface area contributed by atoms with E-state index in [1.54, 1.807) is 18.0 Å². The van der Waals surface area contributed by atoms with Crippen molar-refractivity contribution in [1.82, 2.24) is 9.88 Å². The van der Waals surface area contributed by atoms with Gasteiger partial charge in [0.2, 0.25) is 0 Å². The molecule has 1 aromatic heterocycles. The first-order valence-electron chi connectivity index (χ1n) is 13.6. The number of esters is 1. The van der Waals surface area contributed by atoms with Crippen molar-refractivity contribution in [2.45, 2.75) is 33.1 Å². The van der Waals surface area contributed by atoms with E-state index in [0.29, 0.717) is 11.0 Å². The number of carbonyl (C=O) groups excluding carboxylic acids is 1. The molecule has 0 radical (unpaired) electrons. The zero-order chi connectivity index (χ0) is 27.4. The lowest BCUT2D eigenvalue weighted by Crippen LogP contribution is -2.47. The number of rotatable bonds is 7. The molecule has 39 heavy (non-hydrogen) atoms. The van der Waals surface area contributed by atoms with Gasteiger partial charge < -0.3 is 15.0 Å². The van der Waals surface area contributed by atoms with Crippen LogP contribution in [0, 0.1) is 5.41 Å². The van der Waals surface area contributed by atoms with E-state index in [1.807, 2.05) is 42.5 Å². The first-order chi connectivity index (χ1) is 18.8. The van der Waals surface area contributed by atoms with Gasteiger partial charge in [-0.1, -0.05) is 43.2 Å². The Morgan fingerprint density at radius 3 is 2.54 bits per heavy atom. The third-order valence-corrected chi connectivity index (χ3v) is 8.13. The van der Waals surface area contributed by atoms with Gasteiger partial charge in [-0.05, 0) is 78.3 Å². The lowest BCUT2D eigenvalue weighted by atomic mass is 9.72. The number of allylic oxidation sites excluding steroid dienone is 1. The van der Waals surface area contributed by atoms with Crippen molar-refractivity contribution in [3.8, 4) is 0 Å². The number of nitrogens with one attached hydrogen (secondary N) is 1. The molecule has 7 heteroatoms. The molecular weight excluding hydrogens is 508 g/mol. The van der Waals surface area contributed by atoms with Crippen LogP contribution in [0.15, 0.2) is 72.6 Å². The van der Waals surface area contributed by atoms with Gasteiger partial charge in [-0.25, -0.2) is 4.79 Å². The predicted octanol–water partition coefficient (Wildman–Crippen LogP) is 7.05. The Labute approximate surface area is 236 Å². The van der Waals surface area contributed by atoms with E-state index < -0.39 is 0 Å². The van der Waals surface area contributed by atoms with Gasteiger partial charge in [0.05, 0.1) is 30.2 Å². The SMILES string of the molecule is COC(=O)c1ccc(N2CCN(CC3=C(c4ccc(Cl)cc4)CC(C)(C)CC3)CC2)cc1Nc1cccnc1. The molecule has 0 atom stereocenters. The van der Waals surface area contributed by atoms with Gasteiger partial charge in [-0.15, -0.1) is 0 Å². The van der Waals surface area contributed by atoms with Crippen LogP contribution < -0.4 is 10.2 Å². The molecule has 1 N–H and O–H groups in total. The number of anilines is 3. The normalized spacial score (nSPS) is 17.7. The van der Waals surface area contributed by atoms with E-state index in [9.17, 15) is 4.79 Å². The molecule has 6 nitrogen and oxygen atoms in total. The number of benzene rings is 2. The molecule has 0 spiro atoms. The molecule has 0 bridgehead atoms. The number of hydrogen-bond donors (Lipinski definition) is 1. The molecule has 5 rings (SSSR count). The monoisotopic (exact) mass is 544 g/mol. The third kappa shape index (κ3) is 6.63. The van der Waals surface area contributed by atoms with Crippen LogP contribution in [0.25, 0.3) is 5.57 Å². The number of pyridine rings is 1. The quantitative estimate of drug-likeness (QED) is 0.322. The lowest BCUT2D eigenvalue weighted by molar-refractivity contribution is 0.0602. The smallest absolute Gasteiger partial charge is 0.339 e. The zero-order valence-corrected chi connectivity index (χ0v) is 23.8. The number of piperazine rings is 1. The van der Waals surface area contributed by atoms with Crippen molar-refractivity contribution in [1.29, 1.82) is 0 Å². The molecule has 204 valence electrons. The van der Waals surface area contributed by atoms with E-state index in [4.69, 9.17) is 16.3 Å². The number of hydrogen-bond acceptors (Lipinski definition) is 6. The minimum atomic E-state index is -0.363. The molecule has 1 aliphatic heterocycles. The van der Waals surface area contributed by atoms with E-state index in [1.165, 1.54) is 24.7 Å². The molecule has 1 saturated heterocycles. The van der Waals surface area contributed by atoms with Crippen molar-refractivity contribution >= 4 is 40.2 Å². The summed E-state index contributed by atoms with van der Waals surface area (Å²) in [6.07, 6.45) is 6.93. The highest BCUT2D eigenvalue weighted by atomic mass is 35.5. The van der Waals surface area contributed by atoms with Crippen molar-refractivity contribution < 1.29 is 9.53 Å². The summed E-state index contributed by atoms with van der Waals surface area (Å²) in [5, 5.41) is 4.13. The van der Waals surface area contributed by atoms with Gasteiger partial charge in [-0.3, -0.25) is 9.88 Å². The molecule has 2 aromatic carbocycles. The maximum Gasteiger partial charge on any atom is 0.339 e. The Morgan fingerprint density at radius 1 is 1.08 bits per heavy atom. The predicted molar refractivity (Wildman–Crippen MR) is 160 cm³/mol. The second kappa shape index (κ2) is 11.8. The Bertz CT molecular complexity index is 1330. The molecule has 0 amide bonds. The summed E-state index contributed by atoms with van der Waals surface area (Å²) in [4.78, 5) is 21.6. The fourth-order valence-corrected chi connectivity index (χ4v) is 5.74. The first-order valence-corrected chi connectivity index (χ1v) is 14.0. The average molecular weight is 545 g/mol. The van der Waals surface area contributed by atoms with E-state index in [2.05, 4.69) is 46.1 Å². The van der Waals surface area contributed by atoms with Crippen LogP contribution in [0.5, 0.6) is 0 Å². The van der Waals surface area contributed by atoms with Crippen LogP contribution in [0.3, 0.4) is 0 Å². The fourth-order valence-electron chi connectivity index (χ4n) is 5.61. The largest absolute Gasteiger partial charge is 0.465 e. The highest BCUT2D eigenvalue weighted by molar-refractivity contribution is 6.30. The Morgan fingerprint density at radius 2 is 1.85 bits per heavy atom. The molecule has 0 saturated carbocycles. The maximum atomic E-state index is 12.4. The van der Waals surface area contributed by atoms with E-state index in [-0.39, 0.29) is 5.97 Å². The van der Waals surface area contributed by atoms with Crippen LogP contribution in [0.2, 0.25) is 5.02 Å². The average Bonchev–Trinajstić information content (AvgIpc) is 2.95. The summed E-state index contributed by atoms with van der Waals surface area (Å²) in [5.41, 5.74) is 7.82. The number of aromatic nitrogens is 1. The summed E-state index contributed by atoms with van der Waals surface area (Å²) in [5.74, 6) is -0.363. The Balaban J connectivity index is 1.30. The highest BCUT2D eigenvalue weighted by Gasteiger charge is 2.29. The van der Waals surface area contributed by atoms with Gasteiger partial charge in [0, 0.05) is 49.6 Å². The Kier molecular flexibility index (Phi) is 8.24. The molecule has 2 heterocycles. The van der Waals surface area contributed by atoms with Crippen molar-refractivity contribution in [2.75, 3.05) is 50.1 Å². The number of ether oxygens (including phenoxy) is 1. The number of methoxy groups -OCH3 is 1. The Hall–Kier alpha value is -3.35. The van der Waals surface area contributed by atoms with Gasteiger partial charge in [0.25, 0.3) is 0 Å². The van der Waals surface area contributed by atoms with Crippen molar-refractivity contribution in [2.24, 2.45) is 5.41 Å². The van der Waals surface area contributed by atoms with Crippen LogP contribution >= 0.6 is 11.6 Å². The van der Waals surface area contributed by atoms with E-state index in [0.717, 1.165) is 67.7 Å². The maximum absolute atomic E-state index is 12.4. The lowest BCUT2D eigenvalue weighted by Gasteiger charge is -2.39. The minimum Gasteiger partial charge on any atom is -0.465 e. The molecule has 1 aliphatic carbocycles. The van der Waals surface area contributed by atoms with Crippen LogP contribution in [-0.2, 0) is 4.74 Å². The number of halogens is 1. The van der Waals surface area contributed by atoms with Gasteiger partial charge >= 0.3 is 5.97 Å². The summed E-state index contributed by atoms with van der Waals surface area (Å²) in [6, 6.07) is 18.1. The number of nitrogens with zero attached hydrogens (tertiary/aromatic N) is 3. The fraction of sp³-hybridized carbons (Fsp3) is 0.375. The summed E-state index contributed by atoms with van der Waals surface area (Å²) >= 11 is 6.19. The number of carbonyl (C=O) groups is 1. The molecule has 0 unspecified atom stereocenters. The van der Waals surface area contributed by atoms with E-state index >= 15 is 0 Å². The topological polar surface area (TPSA) is 57.7 Å². The second-order valence-electron chi connectivity index (χ2n) is 11.3. The zero-order valence-electron chi connectivity index (χ0n) is 23.0. The standard InChI is InChI=1S/C32H37ClN4O2/c1-32(2)13-12-24(29(20-32)23-6-8-25(33)9-7-23)22-36-15-17-37(18-16-36)27-10-11-28(31(38)39-3)30(19-27)35-26-5-4-14-34-21-26/h4-11,14,19,21,35H,12-13,15-18,20,22H2,1-3H3. The summed E-state index contributed by atoms with van der Waals surface area (Å²) in [7, 11) is 1.41. The van der Waals surface area contributed by atoms with Crippen LogP contribution in [0.4, 0.5) is 17.1 Å². The molecule has 1 fully saturated rings. The molecule has 3 aromatic rings. The molecule has 2 aliphatic rings. The molecular formula is C32H37ClN4O2. The first kappa shape index (κ1) is 27.2. The van der Waals surface area contributed by atoms with Crippen LogP contribution in [-0.4, -0.2) is 55.7 Å².